The number of amides is 1. The molecule has 0 radical (unpaired) electrons. The minimum atomic E-state index is -0.448. The molecule has 136 valence electrons. The van der Waals surface area contributed by atoms with Gasteiger partial charge < -0.3 is 19.3 Å². The van der Waals surface area contributed by atoms with Gasteiger partial charge in [-0.15, -0.1) is 0 Å². The number of benzene rings is 1. The molecule has 1 aromatic carbocycles. The van der Waals surface area contributed by atoms with Gasteiger partial charge in [0.1, 0.15) is 5.75 Å². The van der Waals surface area contributed by atoms with Gasteiger partial charge in [0.15, 0.2) is 0 Å². The highest BCUT2D eigenvalue weighted by molar-refractivity contribution is 6.08. The number of nitrogens with zero attached hydrogens (tertiary/aromatic N) is 2. The maximum Gasteiger partial charge on any atom is 0.256 e. The largest absolute Gasteiger partial charge is 0.497 e. The summed E-state index contributed by atoms with van der Waals surface area (Å²) in [5.74, 6) is 1.01. The maximum absolute atomic E-state index is 13.3. The Kier molecular flexibility index (Phi) is 5.04. The van der Waals surface area contributed by atoms with Crippen LogP contribution in [0.2, 0.25) is 0 Å². The topological polar surface area (TPSA) is 54.7 Å². The van der Waals surface area contributed by atoms with Gasteiger partial charge in [-0.25, -0.2) is 0 Å². The monoisotopic (exact) mass is 344 g/mol. The standard InChI is InChI=1S/C20H28N2O3/c1-5-9-22-14(3)19(16-11-15(25-4)6-7-17(16)22)20(24)21-10-8-13(2)18(23)12-21/h6-7,11,13,18,23H,5,8-10,12H2,1-4H3/t13-,18+/m0/s1. The molecule has 1 N–H and O–H groups in total. The molecule has 0 unspecified atom stereocenters. The van der Waals surface area contributed by atoms with E-state index in [9.17, 15) is 9.90 Å². The van der Waals surface area contributed by atoms with E-state index in [1.807, 2.05) is 32.0 Å². The number of aliphatic hydroxyl groups excluding tert-OH is 1. The summed E-state index contributed by atoms with van der Waals surface area (Å²) in [5.41, 5.74) is 2.79. The first-order valence-electron chi connectivity index (χ1n) is 9.12. The van der Waals surface area contributed by atoms with Gasteiger partial charge in [-0.05, 0) is 43.9 Å². The lowest BCUT2D eigenvalue weighted by molar-refractivity contribution is 0.0249. The Bertz CT molecular complexity index is 781. The number of β-amino-alcohol motifs (C(OH)–C–C–N with tert-alkyl or cyclic N) is 1. The van der Waals surface area contributed by atoms with Gasteiger partial charge in [0.25, 0.3) is 5.91 Å². The number of carbonyl (C=O) groups excluding carboxylic acids is 1. The van der Waals surface area contributed by atoms with Gasteiger partial charge in [0.2, 0.25) is 0 Å². The molecule has 1 amide bonds. The highest BCUT2D eigenvalue weighted by atomic mass is 16.5. The van der Waals surface area contributed by atoms with E-state index in [4.69, 9.17) is 4.74 Å². The van der Waals surface area contributed by atoms with Gasteiger partial charge in [-0.2, -0.15) is 0 Å². The van der Waals surface area contributed by atoms with E-state index in [-0.39, 0.29) is 11.8 Å². The van der Waals surface area contributed by atoms with Crippen LogP contribution in [0.5, 0.6) is 5.75 Å². The molecule has 5 nitrogen and oxygen atoms in total. The molecule has 1 aliphatic rings. The second-order valence-corrected chi connectivity index (χ2v) is 7.08. The van der Waals surface area contributed by atoms with E-state index >= 15 is 0 Å². The first-order valence-corrected chi connectivity index (χ1v) is 9.12. The summed E-state index contributed by atoms with van der Waals surface area (Å²) >= 11 is 0. The number of aryl methyl sites for hydroxylation is 1. The third-order valence-electron chi connectivity index (χ3n) is 5.40. The molecule has 1 fully saturated rings. The number of aliphatic hydroxyl groups is 1. The number of hydrogen-bond acceptors (Lipinski definition) is 3. The van der Waals surface area contributed by atoms with E-state index in [2.05, 4.69) is 11.5 Å². The summed E-state index contributed by atoms with van der Waals surface area (Å²) in [6, 6.07) is 5.92. The van der Waals surface area contributed by atoms with Crippen LogP contribution >= 0.6 is 0 Å². The lowest BCUT2D eigenvalue weighted by Gasteiger charge is -2.34. The molecule has 2 aromatic rings. The van der Waals surface area contributed by atoms with Crippen LogP contribution in [0.15, 0.2) is 18.2 Å². The molecule has 0 aliphatic carbocycles. The first kappa shape index (κ1) is 17.8. The fourth-order valence-corrected chi connectivity index (χ4v) is 3.76. The number of likely N-dealkylation sites (tertiary alicyclic amines) is 1. The molecule has 2 atom stereocenters. The van der Waals surface area contributed by atoms with Crippen LogP contribution < -0.4 is 4.74 Å². The van der Waals surface area contributed by atoms with Gasteiger partial charge in [-0.3, -0.25) is 4.79 Å². The molecule has 1 saturated heterocycles. The van der Waals surface area contributed by atoms with E-state index in [1.54, 1.807) is 12.0 Å². The van der Waals surface area contributed by atoms with E-state index in [0.29, 0.717) is 13.1 Å². The number of ether oxygens (including phenoxy) is 1. The SMILES string of the molecule is CCCn1c(C)c(C(=O)N2CC[C@H](C)[C@H](O)C2)c2cc(OC)ccc21. The molecule has 3 rings (SSSR count). The van der Waals surface area contributed by atoms with Crippen LogP contribution in [0.1, 0.15) is 42.7 Å². The zero-order valence-corrected chi connectivity index (χ0v) is 15.6. The van der Waals surface area contributed by atoms with Gasteiger partial charge >= 0.3 is 0 Å². The van der Waals surface area contributed by atoms with Crippen molar-refractivity contribution in [3.8, 4) is 5.75 Å². The Morgan fingerprint density at radius 2 is 2.16 bits per heavy atom. The average Bonchev–Trinajstić information content (AvgIpc) is 2.88. The van der Waals surface area contributed by atoms with Crippen molar-refractivity contribution in [1.29, 1.82) is 0 Å². The number of rotatable bonds is 4. The third kappa shape index (κ3) is 3.13. The normalized spacial score (nSPS) is 20.9. The highest BCUT2D eigenvalue weighted by Gasteiger charge is 2.30. The molecule has 2 heterocycles. The zero-order chi connectivity index (χ0) is 18.1. The lowest BCUT2D eigenvalue weighted by atomic mass is 9.95. The predicted molar refractivity (Wildman–Crippen MR) is 99.2 cm³/mol. The Balaban J connectivity index is 2.07. The maximum atomic E-state index is 13.3. The average molecular weight is 344 g/mol. The summed E-state index contributed by atoms with van der Waals surface area (Å²) in [5, 5.41) is 11.1. The molecule has 0 bridgehead atoms. The minimum absolute atomic E-state index is 0.0107. The third-order valence-corrected chi connectivity index (χ3v) is 5.40. The lowest BCUT2D eigenvalue weighted by Crippen LogP contribution is -2.46. The second kappa shape index (κ2) is 7.08. The van der Waals surface area contributed by atoms with Crippen molar-refractivity contribution in [3.63, 3.8) is 0 Å². The van der Waals surface area contributed by atoms with E-state index in [1.165, 1.54) is 0 Å². The quantitative estimate of drug-likeness (QED) is 0.926. The smallest absolute Gasteiger partial charge is 0.256 e. The molecule has 0 saturated carbocycles. The number of hydrogen-bond donors (Lipinski definition) is 1. The molecular formula is C20H28N2O3. The molecule has 1 aliphatic heterocycles. The number of fused-ring (bicyclic) bond motifs is 1. The van der Waals surface area contributed by atoms with Crippen molar-refractivity contribution in [2.75, 3.05) is 20.2 Å². The van der Waals surface area contributed by atoms with Crippen LogP contribution in [0, 0.1) is 12.8 Å². The summed E-state index contributed by atoms with van der Waals surface area (Å²) in [7, 11) is 1.64. The van der Waals surface area contributed by atoms with Crippen molar-refractivity contribution in [3.05, 3.63) is 29.5 Å². The van der Waals surface area contributed by atoms with Crippen LogP contribution in [0.4, 0.5) is 0 Å². The van der Waals surface area contributed by atoms with Crippen LogP contribution in [0.3, 0.4) is 0 Å². The number of piperidine rings is 1. The van der Waals surface area contributed by atoms with Crippen molar-refractivity contribution in [1.82, 2.24) is 9.47 Å². The van der Waals surface area contributed by atoms with Gasteiger partial charge in [-0.1, -0.05) is 13.8 Å². The summed E-state index contributed by atoms with van der Waals surface area (Å²) in [6.45, 7) is 8.17. The Labute approximate surface area is 149 Å². The summed E-state index contributed by atoms with van der Waals surface area (Å²) in [4.78, 5) is 15.1. The molecular weight excluding hydrogens is 316 g/mol. The van der Waals surface area contributed by atoms with Crippen molar-refractivity contribution in [2.45, 2.75) is 46.3 Å². The highest BCUT2D eigenvalue weighted by Crippen LogP contribution is 2.31. The van der Waals surface area contributed by atoms with Crippen molar-refractivity contribution in [2.24, 2.45) is 5.92 Å². The predicted octanol–water partition coefficient (Wildman–Crippen LogP) is 3.21. The van der Waals surface area contributed by atoms with Crippen LogP contribution in [-0.4, -0.2) is 46.8 Å². The Morgan fingerprint density at radius 1 is 1.40 bits per heavy atom. The fourth-order valence-electron chi connectivity index (χ4n) is 3.76. The van der Waals surface area contributed by atoms with Gasteiger partial charge in [0, 0.05) is 36.2 Å². The zero-order valence-electron chi connectivity index (χ0n) is 15.6. The molecule has 0 spiro atoms. The molecule has 1 aromatic heterocycles. The summed E-state index contributed by atoms with van der Waals surface area (Å²) < 4.78 is 7.58. The number of methoxy groups -OCH3 is 1. The van der Waals surface area contributed by atoms with Gasteiger partial charge in [0.05, 0.1) is 18.8 Å². The minimum Gasteiger partial charge on any atom is -0.497 e. The Morgan fingerprint density at radius 3 is 2.80 bits per heavy atom. The second-order valence-electron chi connectivity index (χ2n) is 7.08. The van der Waals surface area contributed by atoms with Crippen molar-refractivity contribution < 1.29 is 14.6 Å². The summed E-state index contributed by atoms with van der Waals surface area (Å²) in [6.07, 6.45) is 1.39. The van der Waals surface area contributed by atoms with Crippen LogP contribution in [0.25, 0.3) is 10.9 Å². The number of aromatic nitrogens is 1. The van der Waals surface area contributed by atoms with E-state index in [0.717, 1.165) is 47.3 Å². The molecule has 25 heavy (non-hydrogen) atoms. The van der Waals surface area contributed by atoms with Crippen LogP contribution in [-0.2, 0) is 6.54 Å². The van der Waals surface area contributed by atoms with Crippen molar-refractivity contribution >= 4 is 16.8 Å². The molecule has 5 heteroatoms. The van der Waals surface area contributed by atoms with E-state index < -0.39 is 6.10 Å². The Hall–Kier alpha value is -2.01. The number of carbonyl (C=O) groups is 1. The first-order chi connectivity index (χ1) is 12.0. The fraction of sp³-hybridized carbons (Fsp3) is 0.550.